The van der Waals surface area contributed by atoms with Gasteiger partial charge in [-0.3, -0.25) is 33.8 Å². The summed E-state index contributed by atoms with van der Waals surface area (Å²) in [6.45, 7) is -0.627. The third kappa shape index (κ3) is 13.9. The Morgan fingerprint density at radius 1 is 0.818 bits per heavy atom. The molecule has 0 aliphatic rings. The van der Waals surface area contributed by atoms with Crippen molar-refractivity contribution in [3.63, 3.8) is 0 Å². The molecule has 0 aliphatic carbocycles. The van der Waals surface area contributed by atoms with E-state index in [2.05, 4.69) is 20.9 Å². The maximum absolute atomic E-state index is 12.8. The number of rotatable bonds is 16. The van der Waals surface area contributed by atoms with Crippen LogP contribution in [-0.2, 0) is 28.8 Å². The second-order valence-electron chi connectivity index (χ2n) is 6.89. The molecule has 0 aromatic carbocycles. The molecular weight excluding hydrogens is 444 g/mol. The Morgan fingerprint density at radius 3 is 1.91 bits per heavy atom. The lowest BCUT2D eigenvalue weighted by atomic mass is 10.1. The number of hydrogen-bond acceptors (Lipinski definition) is 8. The van der Waals surface area contributed by atoms with Crippen LogP contribution in [0.5, 0.6) is 0 Å². The van der Waals surface area contributed by atoms with Crippen molar-refractivity contribution in [3.05, 3.63) is 0 Å². The molecule has 0 aromatic heterocycles. The second-order valence-corrected chi connectivity index (χ2v) is 6.89. The summed E-state index contributed by atoms with van der Waals surface area (Å²) in [4.78, 5) is 73.5. The summed E-state index contributed by atoms with van der Waals surface area (Å²) in [5.41, 5.74) is 21.0. The molecule has 0 aliphatic heterocycles. The van der Waals surface area contributed by atoms with E-state index in [-0.39, 0.29) is 38.2 Å². The monoisotopic (exact) mass is 474 g/mol. The van der Waals surface area contributed by atoms with Gasteiger partial charge in [0, 0.05) is 13.0 Å². The quantitative estimate of drug-likeness (QED) is 0.0581. The molecule has 0 spiro atoms. The molecule has 0 saturated carbocycles. The second kappa shape index (κ2) is 15.0. The van der Waals surface area contributed by atoms with Crippen LogP contribution in [0.2, 0.25) is 0 Å². The van der Waals surface area contributed by atoms with E-state index in [0.717, 1.165) is 0 Å². The van der Waals surface area contributed by atoms with Crippen LogP contribution in [0.1, 0.15) is 32.1 Å². The zero-order chi connectivity index (χ0) is 25.6. The van der Waals surface area contributed by atoms with Gasteiger partial charge in [-0.25, -0.2) is 0 Å². The minimum absolute atomic E-state index is 0.0204. The average molecular weight is 474 g/mol. The highest BCUT2D eigenvalue weighted by Gasteiger charge is 2.28. The van der Waals surface area contributed by atoms with Crippen molar-refractivity contribution in [3.8, 4) is 0 Å². The molecule has 33 heavy (non-hydrogen) atoms. The normalized spacial score (nSPS) is 13.0. The van der Waals surface area contributed by atoms with E-state index in [1.807, 2.05) is 0 Å². The number of carbonyl (C=O) groups excluding carboxylic acids is 4. The Balaban J connectivity index is 5.43. The molecule has 16 nitrogen and oxygen atoms in total. The van der Waals surface area contributed by atoms with Gasteiger partial charge in [-0.2, -0.15) is 0 Å². The third-order valence-corrected chi connectivity index (χ3v) is 4.04. The molecule has 0 radical (unpaired) electrons. The lowest BCUT2D eigenvalue weighted by Crippen LogP contribution is -2.56. The number of hydrogen-bond donors (Lipinski definition) is 9. The summed E-state index contributed by atoms with van der Waals surface area (Å²) >= 11 is 0. The Bertz CT molecular complexity index is 768. The average Bonchev–Trinajstić information content (AvgIpc) is 2.70. The van der Waals surface area contributed by atoms with Gasteiger partial charge in [0.25, 0.3) is 0 Å². The zero-order valence-corrected chi connectivity index (χ0v) is 17.8. The van der Waals surface area contributed by atoms with E-state index >= 15 is 0 Å². The largest absolute Gasteiger partial charge is 0.481 e. The summed E-state index contributed by atoms with van der Waals surface area (Å²) in [7, 11) is 0. The number of aliphatic carboxylic acids is 2. The molecule has 3 atom stereocenters. The SMILES string of the molecule is NC(=O)CCC(NC(=O)C(CCCN=C(N)N)NC(=O)C(N)CC(=O)O)C(=O)NCC(=O)O. The smallest absolute Gasteiger partial charge is 0.322 e. The summed E-state index contributed by atoms with van der Waals surface area (Å²) in [5.74, 6) is -6.29. The van der Waals surface area contributed by atoms with E-state index < -0.39 is 66.7 Å². The van der Waals surface area contributed by atoms with Gasteiger partial charge < -0.3 is 49.1 Å². The molecule has 0 fully saturated rings. The number of carboxylic acids is 2. The highest BCUT2D eigenvalue weighted by atomic mass is 16.4. The summed E-state index contributed by atoms with van der Waals surface area (Å²) in [6, 6.07) is -4.05. The Kier molecular flexibility index (Phi) is 13.2. The Morgan fingerprint density at radius 2 is 1.39 bits per heavy atom. The van der Waals surface area contributed by atoms with Crippen LogP contribution < -0.4 is 38.9 Å². The predicted octanol–water partition coefficient (Wildman–Crippen LogP) is -4.72. The van der Waals surface area contributed by atoms with Crippen LogP contribution in [0.4, 0.5) is 0 Å². The van der Waals surface area contributed by atoms with Crippen molar-refractivity contribution < 1.29 is 39.0 Å². The van der Waals surface area contributed by atoms with Crippen molar-refractivity contribution in [2.45, 2.75) is 50.2 Å². The van der Waals surface area contributed by atoms with Crippen molar-refractivity contribution in [1.29, 1.82) is 0 Å². The standard InChI is InChI=1S/C17H30N8O8/c18-8(6-12(27)28)14(31)24-9(2-1-5-22-17(20)21)16(33)25-10(3-4-11(19)26)15(32)23-7-13(29)30/h8-10H,1-7,18H2,(H2,19,26)(H,23,32)(H,24,31)(H,25,33)(H,27,28)(H,29,30)(H4,20,21,22). The predicted molar refractivity (Wildman–Crippen MR) is 113 cm³/mol. The molecule has 186 valence electrons. The van der Waals surface area contributed by atoms with E-state index in [0.29, 0.717) is 0 Å². The summed E-state index contributed by atoms with van der Waals surface area (Å²) in [6.07, 6.45) is -1.03. The van der Waals surface area contributed by atoms with E-state index in [1.54, 1.807) is 0 Å². The van der Waals surface area contributed by atoms with Gasteiger partial charge in [0.15, 0.2) is 5.96 Å². The fraction of sp³-hybridized carbons (Fsp3) is 0.588. The number of carboxylic acid groups (broad SMARTS) is 2. The lowest BCUT2D eigenvalue weighted by Gasteiger charge is -2.23. The number of nitrogens with zero attached hydrogens (tertiary/aromatic N) is 1. The number of nitrogens with two attached hydrogens (primary N) is 4. The molecule has 0 bridgehead atoms. The van der Waals surface area contributed by atoms with Crippen molar-refractivity contribution in [1.82, 2.24) is 16.0 Å². The van der Waals surface area contributed by atoms with Crippen LogP contribution in [0.3, 0.4) is 0 Å². The maximum atomic E-state index is 12.8. The van der Waals surface area contributed by atoms with Gasteiger partial charge in [-0.15, -0.1) is 0 Å². The van der Waals surface area contributed by atoms with Crippen LogP contribution in [-0.4, -0.2) is 83.0 Å². The highest BCUT2D eigenvalue weighted by Crippen LogP contribution is 2.04. The molecule has 3 unspecified atom stereocenters. The van der Waals surface area contributed by atoms with Gasteiger partial charge in [-0.1, -0.05) is 0 Å². The van der Waals surface area contributed by atoms with Crippen molar-refractivity contribution in [2.24, 2.45) is 27.9 Å². The molecule has 0 saturated heterocycles. The number of guanidine groups is 1. The maximum Gasteiger partial charge on any atom is 0.322 e. The van der Waals surface area contributed by atoms with Gasteiger partial charge in [-0.05, 0) is 19.3 Å². The summed E-state index contributed by atoms with van der Waals surface area (Å²) in [5, 5.41) is 24.2. The van der Waals surface area contributed by atoms with E-state index in [4.69, 9.17) is 33.1 Å². The zero-order valence-electron chi connectivity index (χ0n) is 17.8. The minimum atomic E-state index is -1.44. The first-order valence-electron chi connectivity index (χ1n) is 9.74. The molecule has 0 heterocycles. The van der Waals surface area contributed by atoms with Crippen LogP contribution in [0.25, 0.3) is 0 Å². The van der Waals surface area contributed by atoms with Gasteiger partial charge in [0.05, 0.1) is 12.5 Å². The first-order chi connectivity index (χ1) is 15.3. The number of amides is 4. The molecular formula is C17H30N8O8. The van der Waals surface area contributed by atoms with Gasteiger partial charge >= 0.3 is 11.9 Å². The van der Waals surface area contributed by atoms with Crippen LogP contribution >= 0.6 is 0 Å². The molecule has 4 amide bonds. The van der Waals surface area contributed by atoms with E-state index in [1.165, 1.54) is 0 Å². The molecule has 0 rings (SSSR count). The van der Waals surface area contributed by atoms with Crippen molar-refractivity contribution in [2.75, 3.05) is 13.1 Å². The first-order valence-corrected chi connectivity index (χ1v) is 9.74. The van der Waals surface area contributed by atoms with E-state index in [9.17, 15) is 28.8 Å². The van der Waals surface area contributed by atoms with Crippen LogP contribution in [0.15, 0.2) is 4.99 Å². The Labute approximate surface area is 188 Å². The minimum Gasteiger partial charge on any atom is -0.481 e. The topological polar surface area (TPSA) is 295 Å². The first kappa shape index (κ1) is 29.0. The number of carbonyl (C=O) groups is 6. The van der Waals surface area contributed by atoms with Gasteiger partial charge in [0.2, 0.25) is 23.6 Å². The third-order valence-electron chi connectivity index (χ3n) is 4.04. The summed E-state index contributed by atoms with van der Waals surface area (Å²) < 4.78 is 0. The number of primary amides is 1. The van der Waals surface area contributed by atoms with Crippen molar-refractivity contribution >= 4 is 41.5 Å². The lowest BCUT2D eigenvalue weighted by molar-refractivity contribution is -0.140. The number of nitrogens with one attached hydrogen (secondary N) is 3. The fourth-order valence-corrected chi connectivity index (χ4v) is 2.45. The fourth-order valence-electron chi connectivity index (χ4n) is 2.45. The number of aliphatic imine (C=N–C) groups is 1. The Hall–Kier alpha value is -3.95. The molecule has 0 aromatic rings. The van der Waals surface area contributed by atoms with Gasteiger partial charge in [0.1, 0.15) is 18.6 Å². The molecule has 16 heteroatoms. The highest BCUT2D eigenvalue weighted by molar-refractivity contribution is 5.94. The van der Waals surface area contributed by atoms with Crippen LogP contribution in [0, 0.1) is 0 Å². The molecule has 13 N–H and O–H groups in total.